The normalized spacial score (nSPS) is 17.9. The first-order valence-electron chi connectivity index (χ1n) is 8.50. The Balaban J connectivity index is 1.73. The Kier molecular flexibility index (Phi) is 5.82. The molecule has 1 aromatic carbocycles. The largest absolute Gasteiger partial charge is 0.353 e. The fourth-order valence-electron chi connectivity index (χ4n) is 2.84. The monoisotopic (exact) mass is 388 g/mol. The summed E-state index contributed by atoms with van der Waals surface area (Å²) in [4.78, 5) is 28.8. The molecule has 8 nitrogen and oxygen atoms in total. The number of sulfonamides is 1. The van der Waals surface area contributed by atoms with Crippen molar-refractivity contribution in [2.24, 2.45) is 0 Å². The lowest BCUT2D eigenvalue weighted by Crippen LogP contribution is -2.58. The third kappa shape index (κ3) is 4.50. The first-order valence-corrected chi connectivity index (χ1v) is 9.94. The maximum absolute atomic E-state index is 12.9. The van der Waals surface area contributed by atoms with Crippen molar-refractivity contribution in [3.05, 3.63) is 60.4 Å². The first kappa shape index (κ1) is 19.0. The zero-order chi connectivity index (χ0) is 19.3. The Morgan fingerprint density at radius 2 is 1.93 bits per heavy atom. The summed E-state index contributed by atoms with van der Waals surface area (Å²) in [7, 11) is -3.88. The van der Waals surface area contributed by atoms with Crippen LogP contribution in [-0.4, -0.2) is 48.7 Å². The fraction of sp³-hybridized carbons (Fsp3) is 0.278. The molecule has 1 unspecified atom stereocenters. The molecule has 27 heavy (non-hydrogen) atoms. The topological polar surface area (TPSA) is 108 Å². The number of rotatable bonds is 6. The van der Waals surface area contributed by atoms with Gasteiger partial charge in [-0.25, -0.2) is 8.42 Å². The number of pyridine rings is 1. The molecule has 2 heterocycles. The number of hydrogen-bond acceptors (Lipinski definition) is 5. The van der Waals surface area contributed by atoms with E-state index >= 15 is 0 Å². The van der Waals surface area contributed by atoms with Crippen LogP contribution in [0.25, 0.3) is 0 Å². The molecule has 2 amide bonds. The van der Waals surface area contributed by atoms with E-state index in [1.807, 2.05) is 0 Å². The summed E-state index contributed by atoms with van der Waals surface area (Å²) in [5.74, 6) is -0.898. The highest BCUT2D eigenvalue weighted by Crippen LogP contribution is 2.21. The molecule has 3 rings (SSSR count). The van der Waals surface area contributed by atoms with Gasteiger partial charge in [0.25, 0.3) is 0 Å². The van der Waals surface area contributed by atoms with Crippen LogP contribution in [0.4, 0.5) is 0 Å². The Bertz CT molecular complexity index is 903. The average Bonchev–Trinajstić information content (AvgIpc) is 2.69. The van der Waals surface area contributed by atoms with Crippen molar-refractivity contribution in [1.82, 2.24) is 19.9 Å². The molecule has 0 spiro atoms. The number of amides is 2. The molecule has 142 valence electrons. The molecule has 0 bridgehead atoms. The van der Waals surface area contributed by atoms with Crippen molar-refractivity contribution in [3.8, 4) is 0 Å². The number of aromatic nitrogens is 1. The van der Waals surface area contributed by atoms with Gasteiger partial charge in [0, 0.05) is 19.3 Å². The summed E-state index contributed by atoms with van der Waals surface area (Å²) >= 11 is 0. The quantitative estimate of drug-likeness (QED) is 0.739. The van der Waals surface area contributed by atoms with Crippen LogP contribution >= 0.6 is 0 Å². The SMILES string of the molecule is O=C(CC1C(=O)NCCN1S(=O)(=O)c1ccccc1)NCc1ccccn1. The summed E-state index contributed by atoms with van der Waals surface area (Å²) in [5.41, 5.74) is 0.674. The van der Waals surface area contributed by atoms with Crippen molar-refractivity contribution < 1.29 is 18.0 Å². The predicted octanol–water partition coefficient (Wildman–Crippen LogP) is 0.277. The molecular weight excluding hydrogens is 368 g/mol. The molecule has 1 aromatic heterocycles. The standard InChI is InChI=1S/C18H20N4O4S/c23-17(21-13-14-6-4-5-9-19-14)12-16-18(24)20-10-11-22(16)27(25,26)15-7-2-1-3-8-15/h1-9,16H,10-13H2,(H,20,24)(H,21,23). The minimum atomic E-state index is -3.88. The second kappa shape index (κ2) is 8.28. The predicted molar refractivity (Wildman–Crippen MR) is 97.8 cm³/mol. The van der Waals surface area contributed by atoms with Crippen LogP contribution in [0.3, 0.4) is 0 Å². The molecule has 1 fully saturated rings. The van der Waals surface area contributed by atoms with E-state index in [1.165, 1.54) is 12.1 Å². The Hall–Kier alpha value is -2.78. The van der Waals surface area contributed by atoms with Gasteiger partial charge in [-0.3, -0.25) is 14.6 Å². The van der Waals surface area contributed by atoms with Gasteiger partial charge in [-0.15, -0.1) is 0 Å². The molecule has 2 aromatic rings. The van der Waals surface area contributed by atoms with Gasteiger partial charge in [-0.1, -0.05) is 24.3 Å². The van der Waals surface area contributed by atoms with Gasteiger partial charge in [0.2, 0.25) is 21.8 Å². The molecule has 9 heteroatoms. The number of nitrogens with one attached hydrogen (secondary N) is 2. The molecule has 1 aliphatic rings. The van der Waals surface area contributed by atoms with Gasteiger partial charge in [-0.2, -0.15) is 4.31 Å². The third-order valence-electron chi connectivity index (χ3n) is 4.20. The van der Waals surface area contributed by atoms with Crippen molar-refractivity contribution >= 4 is 21.8 Å². The van der Waals surface area contributed by atoms with Crippen LogP contribution in [0.15, 0.2) is 59.6 Å². The van der Waals surface area contributed by atoms with Crippen molar-refractivity contribution in [2.45, 2.75) is 23.9 Å². The molecule has 1 saturated heterocycles. The molecular formula is C18H20N4O4S. The third-order valence-corrected chi connectivity index (χ3v) is 6.13. The van der Waals surface area contributed by atoms with Crippen molar-refractivity contribution in [1.29, 1.82) is 0 Å². The van der Waals surface area contributed by atoms with Crippen molar-refractivity contribution in [2.75, 3.05) is 13.1 Å². The molecule has 0 radical (unpaired) electrons. The number of hydrogen-bond donors (Lipinski definition) is 2. The number of carbonyl (C=O) groups excluding carboxylic acids is 2. The summed E-state index contributed by atoms with van der Waals surface area (Å²) in [6, 6.07) is 12.1. The lowest BCUT2D eigenvalue weighted by molar-refractivity contribution is -0.131. The average molecular weight is 388 g/mol. The molecule has 1 aliphatic heterocycles. The Morgan fingerprint density at radius 3 is 2.63 bits per heavy atom. The van der Waals surface area contributed by atoms with E-state index in [-0.39, 0.29) is 31.0 Å². The van der Waals surface area contributed by atoms with E-state index in [0.29, 0.717) is 5.69 Å². The van der Waals surface area contributed by atoms with Crippen LogP contribution < -0.4 is 10.6 Å². The van der Waals surface area contributed by atoms with E-state index in [9.17, 15) is 18.0 Å². The maximum atomic E-state index is 12.9. The summed E-state index contributed by atoms with van der Waals surface area (Å²) in [6.07, 6.45) is 1.36. The van der Waals surface area contributed by atoms with Gasteiger partial charge < -0.3 is 10.6 Å². The van der Waals surface area contributed by atoms with Crippen LogP contribution in [0.2, 0.25) is 0 Å². The highest BCUT2D eigenvalue weighted by atomic mass is 32.2. The lowest BCUT2D eigenvalue weighted by Gasteiger charge is -2.33. The minimum absolute atomic E-state index is 0.0959. The van der Waals surface area contributed by atoms with E-state index in [2.05, 4.69) is 15.6 Å². The summed E-state index contributed by atoms with van der Waals surface area (Å²) in [6.45, 7) is 0.525. The summed E-state index contributed by atoms with van der Waals surface area (Å²) in [5, 5.41) is 5.30. The number of benzene rings is 1. The highest BCUT2D eigenvalue weighted by molar-refractivity contribution is 7.89. The molecule has 2 N–H and O–H groups in total. The van der Waals surface area contributed by atoms with Crippen LogP contribution in [-0.2, 0) is 26.2 Å². The van der Waals surface area contributed by atoms with E-state index in [1.54, 1.807) is 42.6 Å². The van der Waals surface area contributed by atoms with Gasteiger partial charge >= 0.3 is 0 Å². The van der Waals surface area contributed by atoms with Crippen molar-refractivity contribution in [3.63, 3.8) is 0 Å². The van der Waals surface area contributed by atoms with E-state index < -0.39 is 27.9 Å². The molecule has 1 atom stereocenters. The van der Waals surface area contributed by atoms with E-state index in [4.69, 9.17) is 0 Å². The molecule has 0 aliphatic carbocycles. The van der Waals surface area contributed by atoms with E-state index in [0.717, 1.165) is 4.31 Å². The van der Waals surface area contributed by atoms with Gasteiger partial charge in [-0.05, 0) is 24.3 Å². The van der Waals surface area contributed by atoms with Crippen LogP contribution in [0.5, 0.6) is 0 Å². The number of piperazine rings is 1. The highest BCUT2D eigenvalue weighted by Gasteiger charge is 2.39. The first-order chi connectivity index (χ1) is 13.0. The number of nitrogens with zero attached hydrogens (tertiary/aromatic N) is 2. The van der Waals surface area contributed by atoms with Crippen LogP contribution in [0, 0.1) is 0 Å². The lowest BCUT2D eigenvalue weighted by atomic mass is 10.1. The van der Waals surface area contributed by atoms with Gasteiger partial charge in [0.15, 0.2) is 0 Å². The number of carbonyl (C=O) groups is 2. The smallest absolute Gasteiger partial charge is 0.243 e. The Labute approximate surface area is 157 Å². The van der Waals surface area contributed by atoms with Gasteiger partial charge in [0.1, 0.15) is 6.04 Å². The molecule has 0 saturated carbocycles. The second-order valence-electron chi connectivity index (χ2n) is 6.04. The maximum Gasteiger partial charge on any atom is 0.243 e. The van der Waals surface area contributed by atoms with Crippen LogP contribution in [0.1, 0.15) is 12.1 Å². The van der Waals surface area contributed by atoms with Gasteiger partial charge in [0.05, 0.1) is 23.6 Å². The minimum Gasteiger partial charge on any atom is -0.353 e. The Morgan fingerprint density at radius 1 is 1.19 bits per heavy atom. The summed E-state index contributed by atoms with van der Waals surface area (Å²) < 4.78 is 26.9. The fourth-order valence-corrected chi connectivity index (χ4v) is 4.45. The second-order valence-corrected chi connectivity index (χ2v) is 7.93. The zero-order valence-corrected chi connectivity index (χ0v) is 15.4. The zero-order valence-electron chi connectivity index (χ0n) is 14.5.